The van der Waals surface area contributed by atoms with Gasteiger partial charge in [-0.1, -0.05) is 19.3 Å². The van der Waals surface area contributed by atoms with Crippen LogP contribution in [0.15, 0.2) is 42.6 Å². The van der Waals surface area contributed by atoms with Gasteiger partial charge in [-0.05, 0) is 49.2 Å². The number of carbonyl (C=O) groups excluding carboxylic acids is 1. The van der Waals surface area contributed by atoms with E-state index in [4.69, 9.17) is 0 Å². The van der Waals surface area contributed by atoms with E-state index in [-0.39, 0.29) is 17.8 Å². The lowest BCUT2D eigenvalue weighted by Crippen LogP contribution is -2.36. The van der Waals surface area contributed by atoms with E-state index < -0.39 is 0 Å². The van der Waals surface area contributed by atoms with Gasteiger partial charge < -0.3 is 10.6 Å². The molecule has 1 aliphatic rings. The zero-order valence-electron chi connectivity index (χ0n) is 12.9. The summed E-state index contributed by atoms with van der Waals surface area (Å²) in [5.41, 5.74) is 1.94. The number of hydrogen-bond acceptors (Lipinski definition) is 3. The number of carbonyl (C=O) groups is 1. The molecular weight excluding hydrogens is 293 g/mol. The Morgan fingerprint density at radius 3 is 2.35 bits per heavy atom. The molecule has 0 aliphatic heterocycles. The molecule has 4 nitrogen and oxygen atoms in total. The maximum absolute atomic E-state index is 12.9. The Morgan fingerprint density at radius 1 is 1.00 bits per heavy atom. The molecule has 1 heterocycles. The van der Waals surface area contributed by atoms with Crippen LogP contribution in [0.3, 0.4) is 0 Å². The molecule has 2 N–H and O–H groups in total. The summed E-state index contributed by atoms with van der Waals surface area (Å²) in [5.74, 6) is -0.395. The summed E-state index contributed by atoms with van der Waals surface area (Å²) in [6.07, 6.45) is 7.33. The summed E-state index contributed by atoms with van der Waals surface area (Å²) in [5, 5.41) is 6.16. The lowest BCUT2D eigenvalue weighted by atomic mass is 9.95. The first kappa shape index (κ1) is 15.5. The molecule has 0 radical (unpaired) electrons. The van der Waals surface area contributed by atoms with Gasteiger partial charge in [0, 0.05) is 11.7 Å². The molecule has 1 amide bonds. The van der Waals surface area contributed by atoms with Crippen LogP contribution in [0.4, 0.5) is 15.8 Å². The number of benzene rings is 1. The van der Waals surface area contributed by atoms with Crippen LogP contribution in [-0.4, -0.2) is 16.9 Å². The van der Waals surface area contributed by atoms with Gasteiger partial charge in [0.1, 0.15) is 11.5 Å². The van der Waals surface area contributed by atoms with Crippen LogP contribution in [0, 0.1) is 5.82 Å². The average Bonchev–Trinajstić information content (AvgIpc) is 2.58. The molecule has 0 bridgehead atoms. The monoisotopic (exact) mass is 313 g/mol. The first-order valence-electron chi connectivity index (χ1n) is 8.00. The molecule has 1 aromatic carbocycles. The molecule has 0 atom stereocenters. The second kappa shape index (κ2) is 7.22. The topological polar surface area (TPSA) is 54.0 Å². The summed E-state index contributed by atoms with van der Waals surface area (Å²) in [4.78, 5) is 16.4. The normalized spacial score (nSPS) is 15.2. The number of aromatic nitrogens is 1. The van der Waals surface area contributed by atoms with E-state index in [0.717, 1.165) is 24.2 Å². The van der Waals surface area contributed by atoms with Crippen molar-refractivity contribution in [1.29, 1.82) is 0 Å². The van der Waals surface area contributed by atoms with Crippen molar-refractivity contribution in [3.63, 3.8) is 0 Å². The molecule has 1 saturated carbocycles. The molecule has 1 aromatic heterocycles. The Kier molecular flexibility index (Phi) is 4.86. The third kappa shape index (κ3) is 4.28. The predicted molar refractivity (Wildman–Crippen MR) is 88.3 cm³/mol. The van der Waals surface area contributed by atoms with Crippen molar-refractivity contribution in [2.75, 3.05) is 5.32 Å². The number of hydrogen-bond donors (Lipinski definition) is 2. The molecule has 120 valence electrons. The maximum atomic E-state index is 12.9. The minimum absolute atomic E-state index is 0.120. The van der Waals surface area contributed by atoms with Crippen LogP contribution in [0.25, 0.3) is 0 Å². The fourth-order valence-corrected chi connectivity index (χ4v) is 2.81. The Hall–Kier alpha value is -2.43. The van der Waals surface area contributed by atoms with Crippen LogP contribution in [-0.2, 0) is 0 Å². The van der Waals surface area contributed by atoms with E-state index in [1.54, 1.807) is 30.5 Å². The van der Waals surface area contributed by atoms with Gasteiger partial charge >= 0.3 is 0 Å². The molecule has 3 rings (SSSR count). The first-order valence-corrected chi connectivity index (χ1v) is 8.00. The van der Waals surface area contributed by atoms with E-state index in [1.165, 1.54) is 31.4 Å². The van der Waals surface area contributed by atoms with Crippen LogP contribution in [0.1, 0.15) is 42.6 Å². The largest absolute Gasteiger partial charge is 0.354 e. The van der Waals surface area contributed by atoms with Crippen molar-refractivity contribution in [2.45, 2.75) is 38.1 Å². The van der Waals surface area contributed by atoms with Gasteiger partial charge in [-0.25, -0.2) is 9.37 Å². The summed E-state index contributed by atoms with van der Waals surface area (Å²) in [6, 6.07) is 9.85. The Morgan fingerprint density at radius 2 is 1.70 bits per heavy atom. The zero-order valence-corrected chi connectivity index (χ0v) is 12.9. The smallest absolute Gasteiger partial charge is 0.270 e. The van der Waals surface area contributed by atoms with Gasteiger partial charge in [0.15, 0.2) is 0 Å². The molecule has 5 heteroatoms. The third-order valence-electron chi connectivity index (χ3n) is 4.07. The molecule has 23 heavy (non-hydrogen) atoms. The second-order valence-corrected chi connectivity index (χ2v) is 5.87. The standard InChI is InChI=1S/C18H20FN3O/c19-13-6-8-15(9-7-13)21-16-10-11-17(20-12-16)18(23)22-14-4-2-1-3-5-14/h6-12,14,21H,1-5H2,(H,22,23). The van der Waals surface area contributed by atoms with Crippen molar-refractivity contribution in [3.8, 4) is 0 Å². The minimum atomic E-state index is -0.275. The number of pyridine rings is 1. The Labute approximate surface area is 135 Å². The minimum Gasteiger partial charge on any atom is -0.354 e. The van der Waals surface area contributed by atoms with E-state index in [2.05, 4.69) is 15.6 Å². The lowest BCUT2D eigenvalue weighted by molar-refractivity contribution is 0.0922. The van der Waals surface area contributed by atoms with Crippen molar-refractivity contribution < 1.29 is 9.18 Å². The molecule has 0 unspecified atom stereocenters. The number of rotatable bonds is 4. The highest BCUT2D eigenvalue weighted by Crippen LogP contribution is 2.19. The van der Waals surface area contributed by atoms with Crippen molar-refractivity contribution in [3.05, 3.63) is 54.1 Å². The molecule has 1 aliphatic carbocycles. The summed E-state index contributed by atoms with van der Waals surface area (Å²) < 4.78 is 12.9. The van der Waals surface area contributed by atoms with Gasteiger partial charge in [-0.2, -0.15) is 0 Å². The number of amides is 1. The Bertz CT molecular complexity index is 649. The number of halogens is 1. The van der Waals surface area contributed by atoms with Crippen LogP contribution < -0.4 is 10.6 Å². The maximum Gasteiger partial charge on any atom is 0.270 e. The second-order valence-electron chi connectivity index (χ2n) is 5.87. The van der Waals surface area contributed by atoms with Gasteiger partial charge in [0.25, 0.3) is 5.91 Å². The van der Waals surface area contributed by atoms with Gasteiger partial charge in [-0.15, -0.1) is 0 Å². The van der Waals surface area contributed by atoms with E-state index >= 15 is 0 Å². The fourth-order valence-electron chi connectivity index (χ4n) is 2.81. The fraction of sp³-hybridized carbons (Fsp3) is 0.333. The molecular formula is C18H20FN3O. The van der Waals surface area contributed by atoms with Crippen LogP contribution >= 0.6 is 0 Å². The van der Waals surface area contributed by atoms with Crippen LogP contribution in [0.5, 0.6) is 0 Å². The average molecular weight is 313 g/mol. The van der Waals surface area contributed by atoms with Crippen LogP contribution in [0.2, 0.25) is 0 Å². The highest BCUT2D eigenvalue weighted by Gasteiger charge is 2.17. The van der Waals surface area contributed by atoms with Gasteiger partial charge in [-0.3, -0.25) is 4.79 Å². The lowest BCUT2D eigenvalue weighted by Gasteiger charge is -2.22. The number of nitrogens with zero attached hydrogens (tertiary/aromatic N) is 1. The van der Waals surface area contributed by atoms with E-state index in [0.29, 0.717) is 5.69 Å². The number of nitrogens with one attached hydrogen (secondary N) is 2. The molecule has 2 aromatic rings. The zero-order chi connectivity index (χ0) is 16.1. The summed E-state index contributed by atoms with van der Waals surface area (Å²) in [7, 11) is 0. The van der Waals surface area contributed by atoms with Gasteiger partial charge in [0.05, 0.1) is 11.9 Å². The van der Waals surface area contributed by atoms with Crippen molar-refractivity contribution in [1.82, 2.24) is 10.3 Å². The summed E-state index contributed by atoms with van der Waals surface area (Å²) in [6.45, 7) is 0. The summed E-state index contributed by atoms with van der Waals surface area (Å²) >= 11 is 0. The Balaban J connectivity index is 1.59. The van der Waals surface area contributed by atoms with E-state index in [1.807, 2.05) is 0 Å². The van der Waals surface area contributed by atoms with Crippen molar-refractivity contribution in [2.24, 2.45) is 0 Å². The predicted octanol–water partition coefficient (Wildman–Crippen LogP) is 4.03. The molecule has 0 spiro atoms. The molecule has 1 fully saturated rings. The molecule has 0 saturated heterocycles. The number of anilines is 2. The quantitative estimate of drug-likeness (QED) is 0.896. The van der Waals surface area contributed by atoms with Crippen molar-refractivity contribution >= 4 is 17.3 Å². The van der Waals surface area contributed by atoms with Gasteiger partial charge in [0.2, 0.25) is 0 Å². The highest BCUT2D eigenvalue weighted by atomic mass is 19.1. The third-order valence-corrected chi connectivity index (χ3v) is 4.07. The van der Waals surface area contributed by atoms with E-state index in [9.17, 15) is 9.18 Å². The highest BCUT2D eigenvalue weighted by molar-refractivity contribution is 5.92. The SMILES string of the molecule is O=C(NC1CCCCC1)c1ccc(Nc2ccc(F)cc2)cn1. The first-order chi connectivity index (χ1) is 11.2.